The zero-order valence-electron chi connectivity index (χ0n) is 12.9. The van der Waals surface area contributed by atoms with E-state index in [1.54, 1.807) is 37.3 Å². The first kappa shape index (κ1) is 17.6. The first-order valence-electron chi connectivity index (χ1n) is 7.14. The number of nitrogens with one attached hydrogen (secondary N) is 2. The summed E-state index contributed by atoms with van der Waals surface area (Å²) in [6.07, 6.45) is 0. The van der Waals surface area contributed by atoms with Gasteiger partial charge in [0.2, 0.25) is 0 Å². The number of nitro benzene ring substituents is 1. The zero-order chi connectivity index (χ0) is 17.5. The molecule has 8 heteroatoms. The fourth-order valence-electron chi connectivity index (χ4n) is 1.89. The summed E-state index contributed by atoms with van der Waals surface area (Å²) in [6.45, 7) is 2.31. The molecule has 0 spiro atoms. The summed E-state index contributed by atoms with van der Waals surface area (Å²) in [5, 5.41) is 16.6. The molecule has 2 N–H and O–H groups in total. The van der Waals surface area contributed by atoms with Gasteiger partial charge in [0.25, 0.3) is 5.69 Å². The van der Waals surface area contributed by atoms with Gasteiger partial charge in [0, 0.05) is 17.2 Å². The van der Waals surface area contributed by atoms with Crippen molar-refractivity contribution in [2.75, 3.05) is 18.5 Å². The van der Waals surface area contributed by atoms with Gasteiger partial charge in [-0.1, -0.05) is 17.7 Å². The minimum Gasteiger partial charge on any atom is -0.492 e. The second-order valence-corrected chi connectivity index (χ2v) is 5.38. The second-order valence-electron chi connectivity index (χ2n) is 4.94. The van der Waals surface area contributed by atoms with Gasteiger partial charge in [-0.3, -0.25) is 10.1 Å². The van der Waals surface area contributed by atoms with E-state index in [-0.39, 0.29) is 18.8 Å². The van der Waals surface area contributed by atoms with Gasteiger partial charge in [-0.15, -0.1) is 0 Å². The lowest BCUT2D eigenvalue weighted by molar-refractivity contribution is -0.384. The summed E-state index contributed by atoms with van der Waals surface area (Å²) >= 11 is 5.77. The van der Waals surface area contributed by atoms with Gasteiger partial charge in [0.05, 0.1) is 17.2 Å². The number of nitro groups is 1. The SMILES string of the molecule is Cc1ccc([N+](=O)[O-])cc1NC(=O)NCCOc1ccc(Cl)cc1. The number of carbonyl (C=O) groups is 1. The number of halogens is 1. The number of carbonyl (C=O) groups excluding carboxylic acids is 1. The van der Waals surface area contributed by atoms with Crippen LogP contribution in [0, 0.1) is 17.0 Å². The highest BCUT2D eigenvalue weighted by Crippen LogP contribution is 2.21. The van der Waals surface area contributed by atoms with E-state index >= 15 is 0 Å². The van der Waals surface area contributed by atoms with E-state index < -0.39 is 11.0 Å². The quantitative estimate of drug-likeness (QED) is 0.471. The van der Waals surface area contributed by atoms with Crippen molar-refractivity contribution in [1.82, 2.24) is 5.32 Å². The third-order valence-corrected chi connectivity index (χ3v) is 3.40. The van der Waals surface area contributed by atoms with Gasteiger partial charge in [-0.25, -0.2) is 4.79 Å². The highest BCUT2D eigenvalue weighted by Gasteiger charge is 2.10. The van der Waals surface area contributed by atoms with Crippen molar-refractivity contribution >= 4 is 29.0 Å². The summed E-state index contributed by atoms with van der Waals surface area (Å²) in [4.78, 5) is 22.1. The largest absolute Gasteiger partial charge is 0.492 e. The number of rotatable bonds is 6. The van der Waals surface area contributed by atoms with E-state index in [0.717, 1.165) is 5.56 Å². The first-order chi connectivity index (χ1) is 11.5. The van der Waals surface area contributed by atoms with Crippen molar-refractivity contribution in [3.8, 4) is 5.75 Å². The molecule has 0 atom stereocenters. The highest BCUT2D eigenvalue weighted by atomic mass is 35.5. The Kier molecular flexibility index (Phi) is 5.97. The number of ether oxygens (including phenoxy) is 1. The monoisotopic (exact) mass is 349 g/mol. The van der Waals surface area contributed by atoms with E-state index in [1.807, 2.05) is 0 Å². The molecule has 0 bridgehead atoms. The third-order valence-electron chi connectivity index (χ3n) is 3.15. The van der Waals surface area contributed by atoms with Crippen LogP contribution in [0.1, 0.15) is 5.56 Å². The molecule has 0 aliphatic heterocycles. The van der Waals surface area contributed by atoms with Crippen molar-refractivity contribution in [3.05, 3.63) is 63.2 Å². The van der Waals surface area contributed by atoms with Crippen molar-refractivity contribution in [2.45, 2.75) is 6.92 Å². The Morgan fingerprint density at radius 2 is 1.96 bits per heavy atom. The maximum absolute atomic E-state index is 11.8. The summed E-state index contributed by atoms with van der Waals surface area (Å²) in [6, 6.07) is 10.7. The number of hydrogen-bond acceptors (Lipinski definition) is 4. The molecule has 0 radical (unpaired) electrons. The molecule has 2 rings (SSSR count). The predicted molar refractivity (Wildman–Crippen MR) is 91.8 cm³/mol. The molecule has 2 amide bonds. The molecular formula is C16H16ClN3O4. The first-order valence-corrected chi connectivity index (χ1v) is 7.52. The topological polar surface area (TPSA) is 93.5 Å². The molecule has 0 aliphatic carbocycles. The Morgan fingerprint density at radius 1 is 1.25 bits per heavy atom. The van der Waals surface area contributed by atoms with Crippen LogP contribution in [-0.4, -0.2) is 24.1 Å². The van der Waals surface area contributed by atoms with Crippen LogP contribution in [-0.2, 0) is 0 Å². The van der Waals surface area contributed by atoms with Gasteiger partial charge < -0.3 is 15.4 Å². The van der Waals surface area contributed by atoms with Gasteiger partial charge in [-0.05, 0) is 36.8 Å². The summed E-state index contributed by atoms with van der Waals surface area (Å²) < 4.78 is 5.45. The minimum absolute atomic E-state index is 0.0815. The van der Waals surface area contributed by atoms with E-state index in [4.69, 9.17) is 16.3 Å². The molecule has 7 nitrogen and oxygen atoms in total. The standard InChI is InChI=1S/C16H16ClN3O4/c1-11-2-5-13(20(22)23)10-15(11)19-16(21)18-8-9-24-14-6-3-12(17)4-7-14/h2-7,10H,8-9H2,1H3,(H2,18,19,21). The average Bonchev–Trinajstić information content (AvgIpc) is 2.55. The van der Waals surface area contributed by atoms with Crippen molar-refractivity contribution in [1.29, 1.82) is 0 Å². The lowest BCUT2D eigenvalue weighted by atomic mass is 10.2. The molecular weight excluding hydrogens is 334 g/mol. The van der Waals surface area contributed by atoms with Gasteiger partial charge in [-0.2, -0.15) is 0 Å². The molecule has 0 heterocycles. The second kappa shape index (κ2) is 8.16. The van der Waals surface area contributed by atoms with Crippen LogP contribution in [0.2, 0.25) is 5.02 Å². The lowest BCUT2D eigenvalue weighted by Gasteiger charge is -2.10. The van der Waals surface area contributed by atoms with Crippen molar-refractivity contribution in [2.24, 2.45) is 0 Å². The fourth-order valence-corrected chi connectivity index (χ4v) is 2.01. The van der Waals surface area contributed by atoms with E-state index in [0.29, 0.717) is 16.5 Å². The predicted octanol–water partition coefficient (Wildman–Crippen LogP) is 3.76. The Morgan fingerprint density at radius 3 is 2.62 bits per heavy atom. The van der Waals surface area contributed by atoms with Crippen LogP contribution in [0.25, 0.3) is 0 Å². The zero-order valence-corrected chi connectivity index (χ0v) is 13.7. The number of non-ortho nitro benzene ring substituents is 1. The Hall–Kier alpha value is -2.80. The maximum Gasteiger partial charge on any atom is 0.319 e. The smallest absolute Gasteiger partial charge is 0.319 e. The van der Waals surface area contributed by atoms with E-state index in [1.165, 1.54) is 12.1 Å². The Bertz CT molecular complexity index is 735. The molecule has 0 unspecified atom stereocenters. The molecule has 0 saturated heterocycles. The van der Waals surface area contributed by atoms with Crippen LogP contribution < -0.4 is 15.4 Å². The molecule has 0 aliphatic rings. The normalized spacial score (nSPS) is 10.1. The van der Waals surface area contributed by atoms with Gasteiger partial charge in [0.1, 0.15) is 12.4 Å². The average molecular weight is 350 g/mol. The Labute approximate surface area is 143 Å². The maximum atomic E-state index is 11.8. The number of hydrogen-bond donors (Lipinski definition) is 2. The number of nitrogens with zero attached hydrogens (tertiary/aromatic N) is 1. The van der Waals surface area contributed by atoms with Crippen LogP contribution >= 0.6 is 11.6 Å². The van der Waals surface area contributed by atoms with Crippen molar-refractivity contribution in [3.63, 3.8) is 0 Å². The van der Waals surface area contributed by atoms with Crippen LogP contribution in [0.5, 0.6) is 5.75 Å². The van der Waals surface area contributed by atoms with E-state index in [2.05, 4.69) is 10.6 Å². The molecule has 0 saturated carbocycles. The number of amides is 2. The molecule has 0 aromatic heterocycles. The van der Waals surface area contributed by atoms with Crippen LogP contribution in [0.3, 0.4) is 0 Å². The molecule has 126 valence electrons. The Balaban J connectivity index is 1.80. The van der Waals surface area contributed by atoms with Gasteiger partial charge >= 0.3 is 6.03 Å². The van der Waals surface area contributed by atoms with Crippen molar-refractivity contribution < 1.29 is 14.5 Å². The number of aryl methyl sites for hydroxylation is 1. The lowest BCUT2D eigenvalue weighted by Crippen LogP contribution is -2.32. The summed E-state index contributed by atoms with van der Waals surface area (Å²) in [7, 11) is 0. The molecule has 0 fully saturated rings. The highest BCUT2D eigenvalue weighted by molar-refractivity contribution is 6.30. The number of anilines is 1. The summed E-state index contributed by atoms with van der Waals surface area (Å²) in [5.74, 6) is 0.649. The molecule has 2 aromatic carbocycles. The van der Waals surface area contributed by atoms with E-state index in [9.17, 15) is 14.9 Å². The number of urea groups is 1. The molecule has 2 aromatic rings. The van der Waals surface area contributed by atoms with Crippen LogP contribution in [0.15, 0.2) is 42.5 Å². The number of benzene rings is 2. The van der Waals surface area contributed by atoms with Gasteiger partial charge in [0.15, 0.2) is 0 Å². The molecule has 24 heavy (non-hydrogen) atoms. The summed E-state index contributed by atoms with van der Waals surface area (Å²) in [5.41, 5.74) is 1.04. The third kappa shape index (κ3) is 5.13. The minimum atomic E-state index is -0.511. The van der Waals surface area contributed by atoms with Crippen LogP contribution in [0.4, 0.5) is 16.2 Å². The fraction of sp³-hybridized carbons (Fsp3) is 0.188.